The van der Waals surface area contributed by atoms with Crippen LogP contribution < -0.4 is 11.1 Å². The number of fused-ring (bicyclic) bond motifs is 2. The number of amides is 2. The van der Waals surface area contributed by atoms with Crippen molar-refractivity contribution < 1.29 is 9.59 Å². The van der Waals surface area contributed by atoms with E-state index in [2.05, 4.69) is 12.2 Å². The van der Waals surface area contributed by atoms with Crippen molar-refractivity contribution in [3.63, 3.8) is 0 Å². The van der Waals surface area contributed by atoms with Crippen molar-refractivity contribution in [2.75, 3.05) is 5.32 Å². The fourth-order valence-electron chi connectivity index (χ4n) is 4.74. The number of nitrogens with zero attached hydrogens (tertiary/aromatic N) is 1. The van der Waals surface area contributed by atoms with Crippen LogP contribution in [0, 0.1) is 12.8 Å². The summed E-state index contributed by atoms with van der Waals surface area (Å²) in [5.41, 5.74) is 11.1. The molecule has 2 heterocycles. The Labute approximate surface area is 196 Å². The average molecular weight is 456 g/mol. The molecule has 6 heteroatoms. The fraction of sp³-hybridized carbons (Fsp3) is 0.222. The molecule has 33 heavy (non-hydrogen) atoms. The molecule has 2 aromatic heterocycles. The molecule has 0 aliphatic heterocycles. The summed E-state index contributed by atoms with van der Waals surface area (Å²) in [6.07, 6.45) is 2.74. The predicted octanol–water partition coefficient (Wildman–Crippen LogP) is 5.75. The van der Waals surface area contributed by atoms with Crippen LogP contribution in [-0.4, -0.2) is 16.8 Å². The van der Waals surface area contributed by atoms with Gasteiger partial charge in [0.25, 0.3) is 11.8 Å². The Morgan fingerprint density at radius 2 is 1.79 bits per heavy atom. The first-order valence-electron chi connectivity index (χ1n) is 11.1. The van der Waals surface area contributed by atoms with Gasteiger partial charge >= 0.3 is 0 Å². The normalized spacial score (nSPS) is 15.3. The SMILES string of the molecule is Cc1c(-c2ccccc2)nc2ccccc2c1C(=O)Nc1sc2c(c1C(N)=O)CCC(C)C2. The van der Waals surface area contributed by atoms with Crippen molar-refractivity contribution in [2.24, 2.45) is 11.7 Å². The van der Waals surface area contributed by atoms with Gasteiger partial charge in [-0.2, -0.15) is 0 Å². The number of nitrogens with one attached hydrogen (secondary N) is 1. The Morgan fingerprint density at radius 1 is 1.06 bits per heavy atom. The van der Waals surface area contributed by atoms with Crippen LogP contribution in [0.5, 0.6) is 0 Å². The molecule has 0 saturated heterocycles. The average Bonchev–Trinajstić information content (AvgIpc) is 3.16. The summed E-state index contributed by atoms with van der Waals surface area (Å²) >= 11 is 1.48. The number of rotatable bonds is 4. The molecule has 0 radical (unpaired) electrons. The summed E-state index contributed by atoms with van der Waals surface area (Å²) in [6, 6.07) is 17.5. The Morgan fingerprint density at radius 3 is 2.55 bits per heavy atom. The van der Waals surface area contributed by atoms with Crippen LogP contribution in [0.15, 0.2) is 54.6 Å². The van der Waals surface area contributed by atoms with E-state index in [-0.39, 0.29) is 5.91 Å². The number of carbonyl (C=O) groups excluding carboxylic acids is 2. The first kappa shape index (κ1) is 21.3. The summed E-state index contributed by atoms with van der Waals surface area (Å²) in [5, 5.41) is 4.37. The van der Waals surface area contributed by atoms with Gasteiger partial charge in [0.15, 0.2) is 0 Å². The van der Waals surface area contributed by atoms with Gasteiger partial charge in [-0.15, -0.1) is 11.3 Å². The molecular formula is C27H25N3O2S. The zero-order valence-corrected chi connectivity index (χ0v) is 19.5. The van der Waals surface area contributed by atoms with Crippen molar-refractivity contribution in [3.8, 4) is 11.3 Å². The zero-order chi connectivity index (χ0) is 23.1. The minimum atomic E-state index is -0.487. The lowest BCUT2D eigenvalue weighted by Crippen LogP contribution is -2.20. The smallest absolute Gasteiger partial charge is 0.257 e. The minimum Gasteiger partial charge on any atom is -0.365 e. The third-order valence-electron chi connectivity index (χ3n) is 6.40. The first-order chi connectivity index (χ1) is 15.9. The molecule has 4 aromatic rings. The number of aromatic nitrogens is 1. The van der Waals surface area contributed by atoms with Gasteiger partial charge in [-0.3, -0.25) is 9.59 Å². The number of primary amides is 1. The second kappa shape index (κ2) is 8.45. The molecule has 5 rings (SSSR count). The van der Waals surface area contributed by atoms with E-state index in [1.165, 1.54) is 11.3 Å². The lowest BCUT2D eigenvalue weighted by Gasteiger charge is -2.18. The van der Waals surface area contributed by atoms with Crippen LogP contribution in [-0.2, 0) is 12.8 Å². The highest BCUT2D eigenvalue weighted by molar-refractivity contribution is 7.17. The predicted molar refractivity (Wildman–Crippen MR) is 134 cm³/mol. The molecule has 2 amide bonds. The number of hydrogen-bond acceptors (Lipinski definition) is 4. The van der Waals surface area contributed by atoms with Gasteiger partial charge in [-0.1, -0.05) is 55.5 Å². The highest BCUT2D eigenvalue weighted by Crippen LogP contribution is 2.40. The summed E-state index contributed by atoms with van der Waals surface area (Å²) in [7, 11) is 0. The van der Waals surface area contributed by atoms with Crippen molar-refractivity contribution in [2.45, 2.75) is 33.1 Å². The maximum absolute atomic E-state index is 13.7. The Bertz CT molecular complexity index is 1390. The van der Waals surface area contributed by atoms with Gasteiger partial charge in [0.05, 0.1) is 22.3 Å². The van der Waals surface area contributed by atoms with Crippen LogP contribution in [0.25, 0.3) is 22.2 Å². The molecule has 1 aliphatic rings. The van der Waals surface area contributed by atoms with E-state index in [1.807, 2.05) is 61.5 Å². The molecular weight excluding hydrogens is 430 g/mol. The van der Waals surface area contributed by atoms with E-state index in [4.69, 9.17) is 10.7 Å². The monoisotopic (exact) mass is 455 g/mol. The van der Waals surface area contributed by atoms with Gasteiger partial charge in [-0.05, 0) is 49.3 Å². The van der Waals surface area contributed by atoms with Crippen molar-refractivity contribution in [1.82, 2.24) is 4.98 Å². The summed E-state index contributed by atoms with van der Waals surface area (Å²) in [5.74, 6) is -0.184. The second-order valence-corrected chi connectivity index (χ2v) is 9.82. The van der Waals surface area contributed by atoms with Crippen LogP contribution in [0.3, 0.4) is 0 Å². The fourth-order valence-corrected chi connectivity index (χ4v) is 6.15. The third-order valence-corrected chi connectivity index (χ3v) is 7.57. The van der Waals surface area contributed by atoms with Crippen molar-refractivity contribution in [1.29, 1.82) is 0 Å². The van der Waals surface area contributed by atoms with Gasteiger partial charge in [0.2, 0.25) is 0 Å². The molecule has 1 aliphatic carbocycles. The van der Waals surface area contributed by atoms with Crippen molar-refractivity contribution >= 4 is 39.1 Å². The molecule has 0 fully saturated rings. The number of anilines is 1. The van der Waals surface area contributed by atoms with E-state index in [0.717, 1.165) is 57.4 Å². The van der Waals surface area contributed by atoms with E-state index in [1.54, 1.807) is 0 Å². The number of hydrogen-bond donors (Lipinski definition) is 2. The van der Waals surface area contributed by atoms with Crippen LogP contribution >= 0.6 is 11.3 Å². The van der Waals surface area contributed by atoms with Gasteiger partial charge < -0.3 is 11.1 Å². The maximum atomic E-state index is 13.7. The molecule has 166 valence electrons. The van der Waals surface area contributed by atoms with Crippen LogP contribution in [0.2, 0.25) is 0 Å². The molecule has 1 unspecified atom stereocenters. The summed E-state index contributed by atoms with van der Waals surface area (Å²) in [4.78, 5) is 32.0. The van der Waals surface area contributed by atoms with Gasteiger partial charge in [-0.25, -0.2) is 4.98 Å². The lowest BCUT2D eigenvalue weighted by molar-refractivity contribution is 0.1000. The molecule has 5 nitrogen and oxygen atoms in total. The topological polar surface area (TPSA) is 85.1 Å². The second-order valence-electron chi connectivity index (χ2n) is 8.72. The van der Waals surface area contributed by atoms with E-state index < -0.39 is 5.91 Å². The highest BCUT2D eigenvalue weighted by Gasteiger charge is 2.28. The van der Waals surface area contributed by atoms with Crippen molar-refractivity contribution in [3.05, 3.63) is 81.7 Å². The van der Waals surface area contributed by atoms with Gasteiger partial charge in [0, 0.05) is 15.8 Å². The minimum absolute atomic E-state index is 0.252. The molecule has 1 atom stereocenters. The number of carbonyl (C=O) groups is 2. The number of para-hydroxylation sites is 1. The van der Waals surface area contributed by atoms with Crippen LogP contribution in [0.4, 0.5) is 5.00 Å². The van der Waals surface area contributed by atoms with Crippen LogP contribution in [0.1, 0.15) is 50.1 Å². The zero-order valence-electron chi connectivity index (χ0n) is 18.6. The number of pyridine rings is 1. The van der Waals surface area contributed by atoms with E-state index >= 15 is 0 Å². The number of nitrogens with two attached hydrogens (primary N) is 1. The Balaban J connectivity index is 1.63. The number of thiophene rings is 1. The third kappa shape index (κ3) is 3.80. The summed E-state index contributed by atoms with van der Waals surface area (Å²) in [6.45, 7) is 4.13. The maximum Gasteiger partial charge on any atom is 0.257 e. The van der Waals surface area contributed by atoms with Gasteiger partial charge in [0.1, 0.15) is 5.00 Å². The standard InChI is InChI=1S/C27H25N3O2S/c1-15-12-13-19-21(14-15)33-27(23(19)25(28)31)30-26(32)22-16(2)24(17-8-4-3-5-9-17)29-20-11-7-6-10-18(20)22/h3-11,15H,12-14H2,1-2H3,(H2,28,31)(H,30,32). The molecule has 2 aromatic carbocycles. The highest BCUT2D eigenvalue weighted by atomic mass is 32.1. The largest absolute Gasteiger partial charge is 0.365 e. The summed E-state index contributed by atoms with van der Waals surface area (Å²) < 4.78 is 0. The first-order valence-corrected chi connectivity index (χ1v) is 12.0. The molecule has 0 bridgehead atoms. The molecule has 0 saturated carbocycles. The number of benzene rings is 2. The quantitative estimate of drug-likeness (QED) is 0.411. The Hall–Kier alpha value is -3.51. The van der Waals surface area contributed by atoms with E-state index in [0.29, 0.717) is 22.0 Å². The molecule has 3 N–H and O–H groups in total. The van der Waals surface area contributed by atoms with E-state index in [9.17, 15) is 9.59 Å². The Kier molecular flexibility index (Phi) is 5.46. The molecule has 0 spiro atoms. The lowest BCUT2D eigenvalue weighted by atomic mass is 9.88.